The Bertz CT molecular complexity index is 576. The van der Waals surface area contributed by atoms with Gasteiger partial charge in [0.2, 0.25) is 0 Å². The molecule has 0 aromatic carbocycles. The van der Waals surface area contributed by atoms with Gasteiger partial charge in [0.05, 0.1) is 13.0 Å². The van der Waals surface area contributed by atoms with Crippen molar-refractivity contribution >= 4 is 5.97 Å². The van der Waals surface area contributed by atoms with Crippen LogP contribution in [0.1, 0.15) is 53.9 Å². The van der Waals surface area contributed by atoms with Crippen molar-refractivity contribution in [3.63, 3.8) is 0 Å². The molecule has 154 valence electrons. The first-order valence-corrected chi connectivity index (χ1v) is 9.96. The van der Waals surface area contributed by atoms with Gasteiger partial charge in [0.1, 0.15) is 24.4 Å². The molecule has 1 aliphatic carbocycles. The zero-order chi connectivity index (χ0) is 19.4. The molecular formula is C19H31NO7. The zero-order valence-corrected chi connectivity index (χ0v) is 16.7. The van der Waals surface area contributed by atoms with E-state index in [2.05, 4.69) is 5.32 Å². The lowest BCUT2D eigenvalue weighted by molar-refractivity contribution is -0.240. The standard InChI is InChI=1S/C19H31NO7/c1-6-22-12(21)9-11(20-10-7-8-10)13-14-15(25-18(2,3)24-14)16-17(23-13)27-19(4,5)26-16/h10-11,13-17,20H,6-9H2,1-5H3/t11-,13-,14+,15+,16-,17-/m1/s1. The second kappa shape index (κ2) is 6.93. The summed E-state index contributed by atoms with van der Waals surface area (Å²) in [4.78, 5) is 12.2. The molecule has 4 aliphatic rings. The van der Waals surface area contributed by atoms with E-state index in [9.17, 15) is 4.79 Å². The van der Waals surface area contributed by atoms with E-state index in [1.165, 1.54) is 0 Å². The first-order chi connectivity index (χ1) is 12.7. The summed E-state index contributed by atoms with van der Waals surface area (Å²) >= 11 is 0. The fourth-order valence-electron chi connectivity index (χ4n) is 4.19. The van der Waals surface area contributed by atoms with Gasteiger partial charge in [-0.25, -0.2) is 0 Å². The van der Waals surface area contributed by atoms with E-state index in [4.69, 9.17) is 28.4 Å². The molecule has 4 rings (SSSR count). The number of ether oxygens (including phenoxy) is 6. The van der Waals surface area contributed by atoms with Crippen LogP contribution in [0.25, 0.3) is 0 Å². The van der Waals surface area contributed by atoms with Crippen LogP contribution >= 0.6 is 0 Å². The molecule has 0 aromatic rings. The van der Waals surface area contributed by atoms with Crippen LogP contribution in [0.4, 0.5) is 0 Å². The van der Waals surface area contributed by atoms with Crippen LogP contribution in [-0.2, 0) is 33.2 Å². The van der Waals surface area contributed by atoms with E-state index in [1.807, 2.05) is 27.7 Å². The summed E-state index contributed by atoms with van der Waals surface area (Å²) in [5, 5.41) is 3.53. The van der Waals surface area contributed by atoms with Crippen LogP contribution in [0.15, 0.2) is 0 Å². The molecule has 1 saturated carbocycles. The second-order valence-electron chi connectivity index (χ2n) is 8.69. The molecule has 27 heavy (non-hydrogen) atoms. The number of hydrogen-bond acceptors (Lipinski definition) is 8. The van der Waals surface area contributed by atoms with Crippen molar-refractivity contribution in [1.82, 2.24) is 5.32 Å². The largest absolute Gasteiger partial charge is 0.466 e. The molecule has 0 amide bonds. The Morgan fingerprint density at radius 3 is 2.33 bits per heavy atom. The maximum atomic E-state index is 12.2. The molecule has 3 heterocycles. The quantitative estimate of drug-likeness (QED) is 0.688. The third-order valence-corrected chi connectivity index (χ3v) is 5.31. The van der Waals surface area contributed by atoms with Gasteiger partial charge < -0.3 is 33.7 Å². The van der Waals surface area contributed by atoms with Crippen LogP contribution in [0, 0.1) is 0 Å². The van der Waals surface area contributed by atoms with E-state index >= 15 is 0 Å². The Hall–Kier alpha value is -0.770. The second-order valence-corrected chi connectivity index (χ2v) is 8.69. The summed E-state index contributed by atoms with van der Waals surface area (Å²) in [5.41, 5.74) is 0. The first-order valence-electron chi connectivity index (χ1n) is 9.96. The predicted octanol–water partition coefficient (Wildman–Crippen LogP) is 1.46. The fraction of sp³-hybridized carbons (Fsp3) is 0.947. The molecule has 6 atom stereocenters. The molecule has 0 bridgehead atoms. The highest BCUT2D eigenvalue weighted by Crippen LogP contribution is 2.45. The first kappa shape index (κ1) is 19.5. The smallest absolute Gasteiger partial charge is 0.307 e. The number of nitrogens with one attached hydrogen (secondary N) is 1. The van der Waals surface area contributed by atoms with Gasteiger partial charge in [-0.2, -0.15) is 0 Å². The van der Waals surface area contributed by atoms with E-state index < -0.39 is 24.0 Å². The monoisotopic (exact) mass is 385 g/mol. The van der Waals surface area contributed by atoms with Crippen molar-refractivity contribution in [3.8, 4) is 0 Å². The maximum Gasteiger partial charge on any atom is 0.307 e. The van der Waals surface area contributed by atoms with Crippen molar-refractivity contribution in [2.45, 2.75) is 108 Å². The van der Waals surface area contributed by atoms with Gasteiger partial charge in [-0.1, -0.05) is 0 Å². The molecule has 0 aromatic heterocycles. The number of esters is 1. The molecule has 8 nitrogen and oxygen atoms in total. The topological polar surface area (TPSA) is 84.5 Å². The Labute approximate surface area is 160 Å². The molecule has 8 heteroatoms. The third-order valence-electron chi connectivity index (χ3n) is 5.31. The van der Waals surface area contributed by atoms with Gasteiger partial charge in [-0.15, -0.1) is 0 Å². The summed E-state index contributed by atoms with van der Waals surface area (Å²) in [6.07, 6.45) is 0.398. The minimum absolute atomic E-state index is 0.212. The van der Waals surface area contributed by atoms with Crippen molar-refractivity contribution in [2.24, 2.45) is 0 Å². The lowest BCUT2D eigenvalue weighted by Crippen LogP contribution is -2.61. The van der Waals surface area contributed by atoms with Gasteiger partial charge in [-0.3, -0.25) is 4.79 Å². The molecule has 3 aliphatic heterocycles. The summed E-state index contributed by atoms with van der Waals surface area (Å²) in [6.45, 7) is 9.65. The summed E-state index contributed by atoms with van der Waals surface area (Å²) in [6, 6.07) is 0.159. The van der Waals surface area contributed by atoms with Crippen molar-refractivity contribution in [2.75, 3.05) is 6.61 Å². The predicted molar refractivity (Wildman–Crippen MR) is 93.7 cm³/mol. The highest BCUT2D eigenvalue weighted by molar-refractivity contribution is 5.70. The Kier molecular flexibility index (Phi) is 5.02. The van der Waals surface area contributed by atoms with E-state index in [0.29, 0.717) is 12.6 Å². The minimum atomic E-state index is -0.759. The normalized spacial score (nSPS) is 40.3. The van der Waals surface area contributed by atoms with Gasteiger partial charge >= 0.3 is 5.97 Å². The molecule has 0 unspecified atom stereocenters. The number of hydrogen-bond donors (Lipinski definition) is 1. The Morgan fingerprint density at radius 2 is 1.67 bits per heavy atom. The van der Waals surface area contributed by atoms with Gasteiger partial charge in [0, 0.05) is 12.1 Å². The van der Waals surface area contributed by atoms with Crippen molar-refractivity contribution in [3.05, 3.63) is 0 Å². The van der Waals surface area contributed by atoms with Crippen LogP contribution in [0.5, 0.6) is 0 Å². The zero-order valence-electron chi connectivity index (χ0n) is 16.7. The lowest BCUT2D eigenvalue weighted by Gasteiger charge is -2.41. The minimum Gasteiger partial charge on any atom is -0.466 e. The van der Waals surface area contributed by atoms with Crippen molar-refractivity contribution in [1.29, 1.82) is 0 Å². The molecule has 1 N–H and O–H groups in total. The summed E-state index contributed by atoms with van der Waals surface area (Å²) < 4.78 is 35.8. The highest BCUT2D eigenvalue weighted by Gasteiger charge is 2.62. The van der Waals surface area contributed by atoms with Crippen LogP contribution in [0.2, 0.25) is 0 Å². The van der Waals surface area contributed by atoms with Gasteiger partial charge in [-0.05, 0) is 47.5 Å². The molecule has 3 saturated heterocycles. The van der Waals surface area contributed by atoms with Gasteiger partial charge in [0.15, 0.2) is 17.9 Å². The lowest BCUT2D eigenvalue weighted by atomic mass is 9.92. The maximum absolute atomic E-state index is 12.2. The van der Waals surface area contributed by atoms with Gasteiger partial charge in [0.25, 0.3) is 0 Å². The molecule has 0 radical (unpaired) electrons. The van der Waals surface area contributed by atoms with E-state index in [1.54, 1.807) is 6.92 Å². The highest BCUT2D eigenvalue weighted by atomic mass is 16.9. The summed E-state index contributed by atoms with van der Waals surface area (Å²) in [7, 11) is 0. The Morgan fingerprint density at radius 1 is 1.04 bits per heavy atom. The Balaban J connectivity index is 1.57. The van der Waals surface area contributed by atoms with E-state index in [0.717, 1.165) is 12.8 Å². The molecular weight excluding hydrogens is 354 g/mol. The van der Waals surface area contributed by atoms with Crippen LogP contribution < -0.4 is 5.32 Å². The number of carbonyl (C=O) groups excluding carboxylic acids is 1. The van der Waals surface area contributed by atoms with Crippen LogP contribution in [-0.4, -0.2) is 66.9 Å². The average molecular weight is 385 g/mol. The molecule has 4 fully saturated rings. The SMILES string of the molecule is CCOC(=O)C[C@@H](NC1CC1)[C@H]1O[C@@H]2OC(C)(C)O[C@@H]2[C@H]2OC(C)(C)O[C@H]21. The molecule has 0 spiro atoms. The van der Waals surface area contributed by atoms with E-state index in [-0.39, 0.29) is 36.7 Å². The summed E-state index contributed by atoms with van der Waals surface area (Å²) in [5.74, 6) is -1.76. The average Bonchev–Trinajstić information content (AvgIpc) is 3.21. The number of rotatable bonds is 6. The number of fused-ring (bicyclic) bond motifs is 3. The van der Waals surface area contributed by atoms with Crippen molar-refractivity contribution < 1.29 is 33.2 Å². The third kappa shape index (κ3) is 4.16. The number of carbonyl (C=O) groups is 1. The fourth-order valence-corrected chi connectivity index (χ4v) is 4.19. The van der Waals surface area contributed by atoms with Crippen LogP contribution in [0.3, 0.4) is 0 Å².